The summed E-state index contributed by atoms with van der Waals surface area (Å²) in [7, 11) is -4.35. The zero-order valence-electron chi connectivity index (χ0n) is 22.9. The van der Waals surface area contributed by atoms with E-state index in [0.29, 0.717) is 10.8 Å². The van der Waals surface area contributed by atoms with E-state index >= 15 is 0 Å². The van der Waals surface area contributed by atoms with Crippen LogP contribution in [-0.2, 0) is 28.8 Å². The second-order valence-electron chi connectivity index (χ2n) is 9.60. The summed E-state index contributed by atoms with van der Waals surface area (Å²) in [5.41, 5.74) is 6.78. The van der Waals surface area contributed by atoms with Gasteiger partial charge in [0.25, 0.3) is 0 Å². The summed E-state index contributed by atoms with van der Waals surface area (Å²) in [4.78, 5) is 23.8. The Balaban J connectivity index is 1.50. The molecule has 232 valence electrons. The molecule has 0 bridgehead atoms. The number of methoxy groups -OCH3 is 1. The van der Waals surface area contributed by atoms with Crippen molar-refractivity contribution >= 4 is 59.4 Å². The predicted molar refractivity (Wildman–Crippen MR) is 154 cm³/mol. The SMILES string of the molecule is COC(=O)C(C)N[P@@](OCC1OC(N2CNc3c(NNS(C)(=O)=O)nc(N)nc32)[C@](C)(O)[C@@H]1O)Oc1ccc(Cl)cc1. The van der Waals surface area contributed by atoms with Crippen LogP contribution < -0.4 is 35.8 Å². The Labute approximate surface area is 248 Å². The molecule has 6 atom stereocenters. The topological polar surface area (TPSA) is 232 Å². The van der Waals surface area contributed by atoms with Gasteiger partial charge in [0, 0.05) is 5.02 Å². The van der Waals surface area contributed by atoms with Crippen LogP contribution >= 0.6 is 20.1 Å². The van der Waals surface area contributed by atoms with E-state index in [1.807, 2.05) is 0 Å². The third-order valence-electron chi connectivity index (χ3n) is 6.21. The number of nitrogens with one attached hydrogen (secondary N) is 4. The lowest BCUT2D eigenvalue weighted by Gasteiger charge is -2.33. The summed E-state index contributed by atoms with van der Waals surface area (Å²) >= 11 is 5.95. The maximum absolute atomic E-state index is 12.0. The van der Waals surface area contributed by atoms with Crippen LogP contribution in [0.4, 0.5) is 23.3 Å². The van der Waals surface area contributed by atoms with Crippen LogP contribution in [-0.4, -0.2) is 91.3 Å². The molecule has 3 heterocycles. The van der Waals surface area contributed by atoms with Crippen LogP contribution in [0.5, 0.6) is 5.75 Å². The number of aromatic nitrogens is 2. The van der Waals surface area contributed by atoms with Gasteiger partial charge in [0.2, 0.25) is 16.0 Å². The van der Waals surface area contributed by atoms with Crippen LogP contribution in [0.15, 0.2) is 24.3 Å². The number of sulfonamides is 1. The Kier molecular flexibility index (Phi) is 9.81. The minimum Gasteiger partial charge on any atom is -0.468 e. The smallest absolute Gasteiger partial charge is 0.323 e. The van der Waals surface area contributed by atoms with Crippen molar-refractivity contribution < 1.29 is 41.9 Å². The number of halogens is 1. The first-order chi connectivity index (χ1) is 19.7. The lowest BCUT2D eigenvalue weighted by Crippen LogP contribution is -2.53. The number of esters is 1. The Bertz CT molecular complexity index is 1390. The average molecular weight is 651 g/mol. The standard InChI is InChI=1S/C22H32ClN8O9PS/c1-11(19(33)37-3)29-41(40-13-7-5-12(23)6-8-13)38-9-14-16(32)22(2,34)20(39-14)31-10-25-15-17(28-30-42(4,35)36)26-21(24)27-18(15)31/h5-8,11,14,16,20,25,29-30,32,34H,9-10H2,1-4H3,(H3,24,26,27,28)/t11?,14?,16-,20?,22-,41+/m1/s1. The molecule has 20 heteroatoms. The fourth-order valence-corrected chi connectivity index (χ4v) is 5.74. The zero-order valence-corrected chi connectivity index (χ0v) is 25.4. The summed E-state index contributed by atoms with van der Waals surface area (Å²) < 4.78 is 45.7. The highest BCUT2D eigenvalue weighted by atomic mass is 35.5. The quantitative estimate of drug-likeness (QED) is 0.0916. The Morgan fingerprint density at radius 3 is 2.71 bits per heavy atom. The van der Waals surface area contributed by atoms with E-state index in [2.05, 4.69) is 30.6 Å². The molecular formula is C22H32ClN8O9PS. The number of nitrogens with zero attached hydrogens (tertiary/aromatic N) is 3. The normalized spacial score (nSPS) is 24.9. The van der Waals surface area contributed by atoms with Crippen molar-refractivity contribution in [1.82, 2.24) is 19.9 Å². The van der Waals surface area contributed by atoms with Gasteiger partial charge in [-0.25, -0.2) is 13.5 Å². The molecule has 1 saturated heterocycles. The molecule has 2 aliphatic rings. The Hall–Kier alpha value is -2.80. The van der Waals surface area contributed by atoms with Crippen molar-refractivity contribution in [2.45, 2.75) is 43.9 Å². The highest BCUT2D eigenvalue weighted by Gasteiger charge is 2.56. The molecule has 17 nitrogen and oxygen atoms in total. The number of aliphatic hydroxyl groups is 2. The molecule has 1 fully saturated rings. The number of hydrogen-bond donors (Lipinski definition) is 7. The van der Waals surface area contributed by atoms with Gasteiger partial charge in [-0.2, -0.15) is 9.97 Å². The third-order valence-corrected chi connectivity index (χ3v) is 8.29. The Morgan fingerprint density at radius 1 is 1.38 bits per heavy atom. The molecule has 42 heavy (non-hydrogen) atoms. The molecule has 2 aliphatic heterocycles. The van der Waals surface area contributed by atoms with Gasteiger partial charge in [0.05, 0.1) is 26.6 Å². The monoisotopic (exact) mass is 650 g/mol. The van der Waals surface area contributed by atoms with Crippen molar-refractivity contribution in [2.24, 2.45) is 0 Å². The highest BCUT2D eigenvalue weighted by Crippen LogP contribution is 2.43. The molecule has 8 N–H and O–H groups in total. The van der Waals surface area contributed by atoms with Gasteiger partial charge >= 0.3 is 14.5 Å². The van der Waals surface area contributed by atoms with Crippen molar-refractivity contribution in [3.63, 3.8) is 0 Å². The second kappa shape index (κ2) is 12.8. The summed E-state index contributed by atoms with van der Waals surface area (Å²) in [6.07, 6.45) is -2.67. The molecule has 0 saturated carbocycles. The number of hydrogen-bond acceptors (Lipinski definition) is 16. The fraction of sp³-hybridized carbons (Fsp3) is 0.500. The molecule has 2 aromatic rings. The van der Waals surface area contributed by atoms with Crippen molar-refractivity contribution in [1.29, 1.82) is 0 Å². The summed E-state index contributed by atoms with van der Waals surface area (Å²) in [5.74, 6) is -0.0951. The number of ether oxygens (including phenoxy) is 2. The van der Waals surface area contributed by atoms with Crippen LogP contribution in [0.1, 0.15) is 13.8 Å². The fourth-order valence-electron chi connectivity index (χ4n) is 4.13. The number of hydrazine groups is 1. The molecule has 0 amide bonds. The minimum absolute atomic E-state index is 0.0410. The van der Waals surface area contributed by atoms with Crippen molar-refractivity contribution in [3.05, 3.63) is 29.3 Å². The second-order valence-corrected chi connectivity index (χ2v) is 13.0. The van der Waals surface area contributed by atoms with Crippen molar-refractivity contribution in [2.75, 3.05) is 48.0 Å². The van der Waals surface area contributed by atoms with E-state index in [0.717, 1.165) is 6.26 Å². The molecule has 0 spiro atoms. The summed E-state index contributed by atoms with van der Waals surface area (Å²) in [6.45, 7) is 2.75. The number of anilines is 4. The van der Waals surface area contributed by atoms with Gasteiger partial charge < -0.3 is 44.7 Å². The first kappa shape index (κ1) is 32.1. The van der Waals surface area contributed by atoms with Crippen LogP contribution in [0.25, 0.3) is 0 Å². The molecule has 1 aromatic carbocycles. The molecule has 4 rings (SSSR count). The maximum atomic E-state index is 12.0. The Morgan fingerprint density at radius 2 is 2.07 bits per heavy atom. The number of nitrogens with two attached hydrogens (primary N) is 1. The number of carbonyl (C=O) groups excluding carboxylic acids is 1. The van der Waals surface area contributed by atoms with Gasteiger partial charge in [-0.05, 0) is 38.1 Å². The molecular weight excluding hydrogens is 619 g/mol. The number of carbonyl (C=O) groups is 1. The number of benzene rings is 1. The zero-order chi connectivity index (χ0) is 30.8. The van der Waals surface area contributed by atoms with E-state index < -0.39 is 54.6 Å². The number of fused-ring (bicyclic) bond motifs is 1. The summed E-state index contributed by atoms with van der Waals surface area (Å²) in [6, 6.07) is 5.68. The number of aliphatic hydroxyl groups excluding tert-OH is 1. The maximum Gasteiger partial charge on any atom is 0.323 e. The van der Waals surface area contributed by atoms with E-state index in [1.54, 1.807) is 31.2 Å². The predicted octanol–water partition coefficient (Wildman–Crippen LogP) is 0.0881. The van der Waals surface area contributed by atoms with Gasteiger partial charge in [0.15, 0.2) is 17.9 Å². The van der Waals surface area contributed by atoms with Crippen LogP contribution in [0.2, 0.25) is 5.02 Å². The van der Waals surface area contributed by atoms with Gasteiger partial charge in [0.1, 0.15) is 35.3 Å². The van der Waals surface area contributed by atoms with Crippen molar-refractivity contribution in [3.8, 4) is 5.75 Å². The molecule has 3 unspecified atom stereocenters. The summed E-state index contributed by atoms with van der Waals surface area (Å²) in [5, 5.41) is 28.8. The first-order valence-electron chi connectivity index (χ1n) is 12.4. The van der Waals surface area contributed by atoms with Gasteiger partial charge in [-0.15, -0.1) is 4.83 Å². The van der Waals surface area contributed by atoms with Crippen LogP contribution in [0, 0.1) is 0 Å². The lowest BCUT2D eigenvalue weighted by molar-refractivity contribution is -0.142. The first-order valence-corrected chi connectivity index (χ1v) is 15.8. The largest absolute Gasteiger partial charge is 0.468 e. The van der Waals surface area contributed by atoms with E-state index in [9.17, 15) is 23.4 Å². The van der Waals surface area contributed by atoms with E-state index in [-0.39, 0.29) is 36.5 Å². The minimum atomic E-state index is -3.63. The molecule has 1 aromatic heterocycles. The van der Waals surface area contributed by atoms with E-state index in [4.69, 9.17) is 35.9 Å². The molecule has 0 radical (unpaired) electrons. The number of nitrogen functional groups attached to an aromatic ring is 1. The highest BCUT2D eigenvalue weighted by molar-refractivity contribution is 7.88. The van der Waals surface area contributed by atoms with Gasteiger partial charge in [-0.3, -0.25) is 10.2 Å². The van der Waals surface area contributed by atoms with Crippen LogP contribution in [0.3, 0.4) is 0 Å². The van der Waals surface area contributed by atoms with Gasteiger partial charge in [-0.1, -0.05) is 11.6 Å². The lowest BCUT2D eigenvalue weighted by atomic mass is 9.96. The number of rotatable bonds is 12. The molecule has 0 aliphatic carbocycles. The van der Waals surface area contributed by atoms with E-state index in [1.165, 1.54) is 18.9 Å². The average Bonchev–Trinajstić information content (AvgIpc) is 3.43. The third kappa shape index (κ3) is 7.39.